The van der Waals surface area contributed by atoms with Crippen molar-refractivity contribution < 1.29 is 4.79 Å². The van der Waals surface area contributed by atoms with Crippen LogP contribution in [0.2, 0.25) is 0 Å². The highest BCUT2D eigenvalue weighted by atomic mass is 16.1. The summed E-state index contributed by atoms with van der Waals surface area (Å²) in [6.45, 7) is 6.46. The molecule has 3 heteroatoms. The van der Waals surface area contributed by atoms with E-state index in [-0.39, 0.29) is 16.7 Å². The highest BCUT2D eigenvalue weighted by molar-refractivity contribution is 6.04. The Balaban J connectivity index is 1.71. The van der Waals surface area contributed by atoms with Gasteiger partial charge in [0.15, 0.2) is 0 Å². The van der Waals surface area contributed by atoms with E-state index in [4.69, 9.17) is 0 Å². The topological polar surface area (TPSA) is 52.9 Å². The molecule has 1 fully saturated rings. The quantitative estimate of drug-likeness (QED) is 0.789. The standard InChI is InChI=1S/C23H26N2O/c1-22(2,3)18-8-6-17(7-9-18)21(26)25-20-12-10-19(11-13-20)23(16-24)14-4-5-15-23/h6-13H,4-5,14-15H2,1-3H3,(H,25,26). The van der Waals surface area contributed by atoms with E-state index in [1.54, 1.807) is 0 Å². The zero-order chi connectivity index (χ0) is 18.8. The van der Waals surface area contributed by atoms with Crippen molar-refractivity contribution in [2.45, 2.75) is 57.3 Å². The lowest BCUT2D eigenvalue weighted by molar-refractivity contribution is 0.102. The van der Waals surface area contributed by atoms with Gasteiger partial charge in [0, 0.05) is 11.3 Å². The van der Waals surface area contributed by atoms with Crippen LogP contribution in [-0.2, 0) is 10.8 Å². The SMILES string of the molecule is CC(C)(C)c1ccc(C(=O)Nc2ccc(C3(C#N)CCCC3)cc2)cc1. The molecule has 0 atom stereocenters. The Morgan fingerprint density at radius 3 is 2.08 bits per heavy atom. The van der Waals surface area contributed by atoms with Gasteiger partial charge in [-0.25, -0.2) is 0 Å². The molecule has 134 valence electrons. The van der Waals surface area contributed by atoms with Gasteiger partial charge in [-0.3, -0.25) is 4.79 Å². The highest BCUT2D eigenvalue weighted by Gasteiger charge is 2.35. The van der Waals surface area contributed by atoms with Crippen LogP contribution in [0.3, 0.4) is 0 Å². The van der Waals surface area contributed by atoms with Crippen LogP contribution in [-0.4, -0.2) is 5.91 Å². The number of hydrogen-bond acceptors (Lipinski definition) is 2. The Labute approximate surface area is 156 Å². The molecule has 1 aliphatic carbocycles. The number of rotatable bonds is 3. The third-order valence-electron chi connectivity index (χ3n) is 5.38. The van der Waals surface area contributed by atoms with Gasteiger partial charge in [-0.05, 0) is 53.6 Å². The Morgan fingerprint density at radius 2 is 1.58 bits per heavy atom. The maximum atomic E-state index is 12.5. The van der Waals surface area contributed by atoms with Crippen LogP contribution in [0.1, 0.15) is 67.9 Å². The summed E-state index contributed by atoms with van der Waals surface area (Å²) in [4.78, 5) is 12.5. The number of hydrogen-bond donors (Lipinski definition) is 1. The van der Waals surface area contributed by atoms with Crippen molar-refractivity contribution in [3.05, 3.63) is 65.2 Å². The van der Waals surface area contributed by atoms with Gasteiger partial charge >= 0.3 is 0 Å². The van der Waals surface area contributed by atoms with Crippen LogP contribution in [0.25, 0.3) is 0 Å². The van der Waals surface area contributed by atoms with Crippen molar-refractivity contribution in [2.24, 2.45) is 0 Å². The van der Waals surface area contributed by atoms with Crippen molar-refractivity contribution in [3.8, 4) is 6.07 Å². The summed E-state index contributed by atoms with van der Waals surface area (Å²) in [7, 11) is 0. The Morgan fingerprint density at radius 1 is 1.00 bits per heavy atom. The number of nitriles is 1. The molecule has 0 unspecified atom stereocenters. The molecule has 0 aliphatic heterocycles. The minimum absolute atomic E-state index is 0.0712. The third kappa shape index (κ3) is 3.65. The van der Waals surface area contributed by atoms with E-state index < -0.39 is 0 Å². The Kier molecular flexibility index (Phi) is 4.87. The molecule has 3 nitrogen and oxygen atoms in total. The van der Waals surface area contributed by atoms with Gasteiger partial charge in [0.2, 0.25) is 0 Å². The van der Waals surface area contributed by atoms with Gasteiger partial charge in [-0.15, -0.1) is 0 Å². The molecule has 1 N–H and O–H groups in total. The van der Waals surface area contributed by atoms with Crippen molar-refractivity contribution in [1.82, 2.24) is 0 Å². The summed E-state index contributed by atoms with van der Waals surface area (Å²) in [6.07, 6.45) is 4.07. The van der Waals surface area contributed by atoms with E-state index in [9.17, 15) is 10.1 Å². The molecule has 2 aromatic carbocycles. The number of nitrogens with zero attached hydrogens (tertiary/aromatic N) is 1. The first kappa shape index (κ1) is 18.2. The van der Waals surface area contributed by atoms with E-state index in [0.717, 1.165) is 36.9 Å². The van der Waals surface area contributed by atoms with Crippen LogP contribution in [0.15, 0.2) is 48.5 Å². The average Bonchev–Trinajstić information content (AvgIpc) is 3.12. The van der Waals surface area contributed by atoms with Crippen LogP contribution in [0.4, 0.5) is 5.69 Å². The van der Waals surface area contributed by atoms with Crippen LogP contribution in [0.5, 0.6) is 0 Å². The van der Waals surface area contributed by atoms with Crippen molar-refractivity contribution in [1.29, 1.82) is 5.26 Å². The summed E-state index contributed by atoms with van der Waals surface area (Å²) in [5, 5.41) is 12.5. The van der Waals surface area contributed by atoms with Gasteiger partial charge < -0.3 is 5.32 Å². The molecule has 0 spiro atoms. The van der Waals surface area contributed by atoms with Gasteiger partial charge in [-0.2, -0.15) is 5.26 Å². The number of anilines is 1. The van der Waals surface area contributed by atoms with E-state index in [1.165, 1.54) is 5.56 Å². The summed E-state index contributed by atoms with van der Waals surface area (Å²) < 4.78 is 0. The predicted molar refractivity (Wildman–Crippen MR) is 105 cm³/mol. The number of nitrogens with one attached hydrogen (secondary N) is 1. The van der Waals surface area contributed by atoms with Gasteiger partial charge in [0.05, 0.1) is 11.5 Å². The lowest BCUT2D eigenvalue weighted by atomic mass is 9.80. The highest BCUT2D eigenvalue weighted by Crippen LogP contribution is 2.40. The summed E-state index contributed by atoms with van der Waals surface area (Å²) in [5.41, 5.74) is 3.39. The van der Waals surface area contributed by atoms with Crippen molar-refractivity contribution in [2.75, 3.05) is 5.32 Å². The maximum absolute atomic E-state index is 12.5. The van der Waals surface area contributed by atoms with Gasteiger partial charge in [0.25, 0.3) is 5.91 Å². The van der Waals surface area contributed by atoms with Crippen molar-refractivity contribution in [3.63, 3.8) is 0 Å². The fraction of sp³-hybridized carbons (Fsp3) is 0.391. The summed E-state index contributed by atoms with van der Waals surface area (Å²) in [5.74, 6) is -0.117. The second-order valence-corrected chi connectivity index (χ2v) is 8.26. The average molecular weight is 346 g/mol. The number of benzene rings is 2. The first-order chi connectivity index (χ1) is 12.3. The van der Waals surface area contributed by atoms with E-state index in [0.29, 0.717) is 5.56 Å². The van der Waals surface area contributed by atoms with Crippen LogP contribution < -0.4 is 5.32 Å². The molecule has 0 radical (unpaired) electrons. The Hall–Kier alpha value is -2.60. The summed E-state index contributed by atoms with van der Waals surface area (Å²) >= 11 is 0. The second-order valence-electron chi connectivity index (χ2n) is 8.26. The maximum Gasteiger partial charge on any atom is 0.255 e. The third-order valence-corrected chi connectivity index (χ3v) is 5.38. The number of amides is 1. The summed E-state index contributed by atoms with van der Waals surface area (Å²) in [6, 6.07) is 18.0. The normalized spacial score (nSPS) is 16.1. The van der Waals surface area contributed by atoms with Gasteiger partial charge in [-0.1, -0.05) is 57.9 Å². The molecule has 1 aliphatic rings. The smallest absolute Gasteiger partial charge is 0.255 e. The van der Waals surface area contributed by atoms with Crippen LogP contribution in [0, 0.1) is 11.3 Å². The van der Waals surface area contributed by atoms with E-state index >= 15 is 0 Å². The Bertz CT molecular complexity index is 814. The molecule has 1 saturated carbocycles. The number of carbonyl (C=O) groups is 1. The molecule has 0 heterocycles. The second kappa shape index (κ2) is 6.96. The minimum atomic E-state index is -0.342. The predicted octanol–water partition coefficient (Wildman–Crippen LogP) is 5.57. The first-order valence-electron chi connectivity index (χ1n) is 9.28. The van der Waals surface area contributed by atoms with E-state index in [1.807, 2.05) is 48.5 Å². The fourth-order valence-corrected chi connectivity index (χ4v) is 3.64. The zero-order valence-corrected chi connectivity index (χ0v) is 15.8. The lowest BCUT2D eigenvalue weighted by Gasteiger charge is -2.21. The molecule has 0 aromatic heterocycles. The molecule has 3 rings (SSSR count). The molecule has 0 bridgehead atoms. The molecule has 2 aromatic rings. The monoisotopic (exact) mass is 346 g/mol. The molecular formula is C23H26N2O. The fourth-order valence-electron chi connectivity index (χ4n) is 3.64. The molecular weight excluding hydrogens is 320 g/mol. The van der Waals surface area contributed by atoms with E-state index in [2.05, 4.69) is 32.2 Å². The molecule has 26 heavy (non-hydrogen) atoms. The molecule has 0 saturated heterocycles. The minimum Gasteiger partial charge on any atom is -0.322 e. The molecule has 1 amide bonds. The van der Waals surface area contributed by atoms with Crippen LogP contribution >= 0.6 is 0 Å². The first-order valence-corrected chi connectivity index (χ1v) is 9.28. The van der Waals surface area contributed by atoms with Gasteiger partial charge in [0.1, 0.15) is 0 Å². The largest absolute Gasteiger partial charge is 0.322 e. The number of carbonyl (C=O) groups excluding carboxylic acids is 1. The zero-order valence-electron chi connectivity index (χ0n) is 15.8. The lowest BCUT2D eigenvalue weighted by Crippen LogP contribution is -2.19. The van der Waals surface area contributed by atoms with Crippen molar-refractivity contribution >= 4 is 11.6 Å².